The van der Waals surface area contributed by atoms with Crippen LogP contribution in [-0.4, -0.2) is 64.7 Å². The van der Waals surface area contributed by atoms with Crippen LogP contribution in [0.4, 0.5) is 16.0 Å². The summed E-state index contributed by atoms with van der Waals surface area (Å²) in [6.07, 6.45) is 3.72. The van der Waals surface area contributed by atoms with Gasteiger partial charge in [-0.2, -0.15) is 0 Å². The Bertz CT molecular complexity index is 1010. The van der Waals surface area contributed by atoms with Crippen molar-refractivity contribution in [2.24, 2.45) is 5.92 Å². The molecule has 1 saturated heterocycles. The Morgan fingerprint density at radius 3 is 3.00 bits per heavy atom. The average Bonchev–Trinajstić information content (AvgIpc) is 3.38. The van der Waals surface area contributed by atoms with E-state index in [2.05, 4.69) is 25.6 Å². The molecule has 1 aliphatic carbocycles. The van der Waals surface area contributed by atoms with Gasteiger partial charge in [0.05, 0.1) is 25.0 Å². The van der Waals surface area contributed by atoms with Gasteiger partial charge < -0.3 is 30.1 Å². The molecule has 2 aliphatic heterocycles. The van der Waals surface area contributed by atoms with Crippen molar-refractivity contribution >= 4 is 17.5 Å². The molecule has 170 valence electrons. The highest BCUT2D eigenvalue weighted by molar-refractivity contribution is 5.93. The molecular formula is C21H25FN6O4. The molecule has 4 heterocycles. The lowest BCUT2D eigenvalue weighted by molar-refractivity contribution is -0.118. The highest BCUT2D eigenvalue weighted by Crippen LogP contribution is 2.30. The third kappa shape index (κ3) is 4.10. The predicted molar refractivity (Wildman–Crippen MR) is 112 cm³/mol. The largest absolute Gasteiger partial charge is 0.465 e. The number of aryl methyl sites for hydroxylation is 1. The number of aromatic nitrogens is 3. The summed E-state index contributed by atoms with van der Waals surface area (Å²) in [4.78, 5) is 25.7. The van der Waals surface area contributed by atoms with E-state index in [4.69, 9.17) is 9.47 Å². The van der Waals surface area contributed by atoms with E-state index in [1.165, 1.54) is 12.4 Å². The third-order valence-electron chi connectivity index (χ3n) is 6.12. The van der Waals surface area contributed by atoms with Crippen molar-refractivity contribution in [2.45, 2.75) is 38.7 Å². The third-order valence-corrected chi connectivity index (χ3v) is 6.12. The molecule has 1 amide bonds. The number of amides is 1. The van der Waals surface area contributed by atoms with Crippen LogP contribution < -0.4 is 20.3 Å². The summed E-state index contributed by atoms with van der Waals surface area (Å²) in [6, 6.07) is 0. The molecule has 11 heteroatoms. The number of carbonyl (C=O) groups is 1. The summed E-state index contributed by atoms with van der Waals surface area (Å²) in [7, 11) is 0. The number of nitrogens with one attached hydrogen (secondary N) is 2. The molecule has 3 atom stereocenters. The maximum absolute atomic E-state index is 14.0. The van der Waals surface area contributed by atoms with Crippen LogP contribution in [0.15, 0.2) is 12.4 Å². The van der Waals surface area contributed by atoms with Crippen LogP contribution in [0.2, 0.25) is 0 Å². The molecule has 10 nitrogen and oxygen atoms in total. The summed E-state index contributed by atoms with van der Waals surface area (Å²) in [5.41, 5.74) is 2.76. The molecule has 0 spiro atoms. The zero-order chi connectivity index (χ0) is 22.2. The number of rotatable bonds is 6. The molecule has 0 bridgehead atoms. The van der Waals surface area contributed by atoms with Crippen molar-refractivity contribution < 1.29 is 23.8 Å². The average molecular weight is 444 g/mol. The summed E-state index contributed by atoms with van der Waals surface area (Å²) in [5, 5.41) is 16.3. The fourth-order valence-corrected chi connectivity index (χ4v) is 4.49. The minimum Gasteiger partial charge on any atom is -0.465 e. The zero-order valence-corrected chi connectivity index (χ0v) is 17.7. The van der Waals surface area contributed by atoms with E-state index in [-0.39, 0.29) is 36.1 Å². The van der Waals surface area contributed by atoms with Gasteiger partial charge in [-0.25, -0.2) is 14.4 Å². The molecule has 5 rings (SSSR count). The van der Waals surface area contributed by atoms with E-state index in [0.717, 1.165) is 36.2 Å². The normalized spacial score (nSPS) is 24.2. The molecule has 2 aromatic rings. The van der Waals surface area contributed by atoms with Crippen LogP contribution in [0.5, 0.6) is 5.88 Å². The maximum Gasteiger partial charge on any atom is 0.263 e. The highest BCUT2D eigenvalue weighted by atomic mass is 19.1. The predicted octanol–water partition coefficient (Wildman–Crippen LogP) is 0.526. The highest BCUT2D eigenvalue weighted by Gasteiger charge is 2.33. The Labute approximate surface area is 184 Å². The Balaban J connectivity index is 1.10. The van der Waals surface area contributed by atoms with Gasteiger partial charge in [0.25, 0.3) is 11.8 Å². The summed E-state index contributed by atoms with van der Waals surface area (Å²) < 4.78 is 24.9. The van der Waals surface area contributed by atoms with E-state index >= 15 is 0 Å². The molecular weight excluding hydrogens is 419 g/mol. The molecule has 3 N–H and O–H groups in total. The Hall–Kier alpha value is -2.89. The molecule has 32 heavy (non-hydrogen) atoms. The number of pyridine rings is 1. The molecule has 0 radical (unpaired) electrons. The number of anilines is 2. The first kappa shape index (κ1) is 21.0. The Kier molecular flexibility index (Phi) is 5.62. The number of hydrogen-bond acceptors (Lipinski definition) is 9. The van der Waals surface area contributed by atoms with Crippen molar-refractivity contribution in [2.75, 3.05) is 36.5 Å². The van der Waals surface area contributed by atoms with Gasteiger partial charge in [-0.15, -0.1) is 0 Å². The molecule has 0 saturated carbocycles. The zero-order valence-electron chi connectivity index (χ0n) is 17.7. The maximum atomic E-state index is 14.0. The number of nitrogens with zero attached hydrogens (tertiary/aromatic N) is 4. The first-order valence-electron chi connectivity index (χ1n) is 10.7. The van der Waals surface area contributed by atoms with E-state index in [1.807, 2.05) is 6.92 Å². The molecule has 1 fully saturated rings. The number of halogens is 1. The van der Waals surface area contributed by atoms with Crippen LogP contribution in [0.1, 0.15) is 23.2 Å². The number of ether oxygens (including phenoxy) is 2. The van der Waals surface area contributed by atoms with Gasteiger partial charge in [-0.05, 0) is 56.3 Å². The lowest BCUT2D eigenvalue weighted by Crippen LogP contribution is -2.32. The fraction of sp³-hybridized carbons (Fsp3) is 0.524. The van der Waals surface area contributed by atoms with Gasteiger partial charge in [0, 0.05) is 5.69 Å². The first-order chi connectivity index (χ1) is 15.5. The molecule has 0 aromatic carbocycles. The van der Waals surface area contributed by atoms with Crippen LogP contribution in [0.3, 0.4) is 0 Å². The quantitative estimate of drug-likeness (QED) is 0.548. The van der Waals surface area contributed by atoms with Crippen molar-refractivity contribution in [3.63, 3.8) is 0 Å². The fourth-order valence-electron chi connectivity index (χ4n) is 4.49. The molecule has 1 unspecified atom stereocenters. The van der Waals surface area contributed by atoms with Gasteiger partial charge in [-0.3, -0.25) is 9.78 Å². The first-order valence-corrected chi connectivity index (χ1v) is 10.7. The summed E-state index contributed by atoms with van der Waals surface area (Å²) in [5.74, 6) is 0.715. The van der Waals surface area contributed by atoms with E-state index in [1.54, 1.807) is 4.90 Å². The topological polar surface area (TPSA) is 122 Å². The Morgan fingerprint density at radius 2 is 2.16 bits per heavy atom. The van der Waals surface area contributed by atoms with Crippen molar-refractivity contribution in [3.05, 3.63) is 35.0 Å². The minimum absolute atomic E-state index is 0.0933. The minimum atomic E-state index is -1.14. The Morgan fingerprint density at radius 1 is 1.31 bits per heavy atom. The monoisotopic (exact) mass is 444 g/mol. The van der Waals surface area contributed by atoms with Crippen molar-refractivity contribution in [1.29, 1.82) is 0 Å². The summed E-state index contributed by atoms with van der Waals surface area (Å²) in [6.45, 7) is 3.76. The second-order valence-electron chi connectivity index (χ2n) is 8.37. The standard InChI is InChI=1S/C21H25FN6O4/c1-11-14-4-12(5-15(14)16(22)7-24-11)6-23-3-2-13-9-28(21(30)32-13)17-8-25-20-19(26-17)27-18(29)10-31-20/h7-8,12-13,21,23,30H,2-6,9-10H2,1H3,(H,26,27,29)/t12-,13+,21?/m1/s1. The van der Waals surface area contributed by atoms with Crippen LogP contribution in [0.25, 0.3) is 0 Å². The van der Waals surface area contributed by atoms with E-state index < -0.39 is 6.41 Å². The van der Waals surface area contributed by atoms with Crippen molar-refractivity contribution in [3.8, 4) is 5.88 Å². The van der Waals surface area contributed by atoms with E-state index in [9.17, 15) is 14.3 Å². The second-order valence-corrected chi connectivity index (χ2v) is 8.37. The lowest BCUT2D eigenvalue weighted by Gasteiger charge is -2.21. The van der Waals surface area contributed by atoms with Gasteiger partial charge >= 0.3 is 0 Å². The van der Waals surface area contributed by atoms with Crippen molar-refractivity contribution in [1.82, 2.24) is 20.3 Å². The van der Waals surface area contributed by atoms with Gasteiger partial charge in [0.2, 0.25) is 6.41 Å². The summed E-state index contributed by atoms with van der Waals surface area (Å²) >= 11 is 0. The molecule has 2 aromatic heterocycles. The number of fused-ring (bicyclic) bond motifs is 2. The number of hydrogen-bond donors (Lipinski definition) is 3. The van der Waals surface area contributed by atoms with Crippen LogP contribution >= 0.6 is 0 Å². The number of aliphatic hydroxyl groups is 1. The number of aliphatic hydroxyl groups excluding tert-OH is 1. The van der Waals surface area contributed by atoms with Gasteiger partial charge in [0.1, 0.15) is 5.82 Å². The number of carbonyl (C=O) groups excluding carboxylic acids is 1. The molecule has 3 aliphatic rings. The smallest absolute Gasteiger partial charge is 0.263 e. The van der Waals surface area contributed by atoms with Crippen LogP contribution in [0, 0.1) is 18.7 Å². The SMILES string of the molecule is Cc1ncc(F)c2c1C[C@@H](CNCC[C@H]1CN(c3cnc4c(n3)NC(=O)CO4)C(O)O1)C2. The lowest BCUT2D eigenvalue weighted by atomic mass is 10.1. The second kappa shape index (κ2) is 8.57. The van der Waals surface area contributed by atoms with Gasteiger partial charge in [-0.1, -0.05) is 0 Å². The van der Waals surface area contributed by atoms with Gasteiger partial charge in [0.15, 0.2) is 18.2 Å². The van der Waals surface area contributed by atoms with Crippen LogP contribution in [-0.2, 0) is 22.4 Å². The van der Waals surface area contributed by atoms with E-state index in [0.29, 0.717) is 31.2 Å².